The normalized spacial score (nSPS) is 17.6. The summed E-state index contributed by atoms with van der Waals surface area (Å²) in [6, 6.07) is 13.2. The number of benzene rings is 1. The van der Waals surface area contributed by atoms with Gasteiger partial charge in [-0.2, -0.15) is 4.31 Å². The summed E-state index contributed by atoms with van der Waals surface area (Å²) in [5.41, 5.74) is 1.09. The van der Waals surface area contributed by atoms with E-state index < -0.39 is 10.0 Å². The summed E-state index contributed by atoms with van der Waals surface area (Å²) in [5.74, 6) is -0.0618. The van der Waals surface area contributed by atoms with Crippen LogP contribution in [0.1, 0.15) is 38.3 Å². The van der Waals surface area contributed by atoms with E-state index in [1.54, 1.807) is 12.1 Å². The van der Waals surface area contributed by atoms with Crippen LogP contribution in [0.25, 0.3) is 0 Å². The molecule has 1 amide bonds. The number of amides is 1. The van der Waals surface area contributed by atoms with E-state index in [0.717, 1.165) is 31.5 Å². The number of carbonyl (C=O) groups is 1. The van der Waals surface area contributed by atoms with Crippen LogP contribution in [0.2, 0.25) is 0 Å². The monoisotopic (exact) mass is 476 g/mol. The Hall–Kier alpha value is -1.94. The number of aromatic nitrogens is 1. The molecule has 1 saturated heterocycles. The van der Waals surface area contributed by atoms with Crippen LogP contribution in [0.4, 0.5) is 0 Å². The molecule has 32 heavy (non-hydrogen) atoms. The number of thioether (sulfide) groups is 1. The number of hydrogen-bond donors (Lipinski definition) is 1. The second-order valence-corrected chi connectivity index (χ2v) is 11.4. The lowest BCUT2D eigenvalue weighted by atomic mass is 10.0. The average molecular weight is 477 g/mol. The van der Waals surface area contributed by atoms with Crippen LogP contribution in [0.5, 0.6) is 0 Å². The van der Waals surface area contributed by atoms with Gasteiger partial charge < -0.3 is 10.2 Å². The van der Waals surface area contributed by atoms with Gasteiger partial charge in [-0.1, -0.05) is 55.4 Å². The van der Waals surface area contributed by atoms with Crippen LogP contribution in [0, 0.1) is 0 Å². The molecule has 7 nitrogen and oxygen atoms in total. The Labute approximate surface area is 195 Å². The first-order valence-electron chi connectivity index (χ1n) is 11.0. The highest BCUT2D eigenvalue weighted by atomic mass is 32.2. The zero-order chi connectivity index (χ0) is 23.1. The quantitative estimate of drug-likeness (QED) is 0.560. The topological polar surface area (TPSA) is 82.6 Å². The summed E-state index contributed by atoms with van der Waals surface area (Å²) in [7, 11) is -1.56. The number of piperazine rings is 1. The molecule has 174 valence electrons. The van der Waals surface area contributed by atoms with Gasteiger partial charge in [-0.3, -0.25) is 4.79 Å². The number of carbonyl (C=O) groups excluding carboxylic acids is 1. The fraction of sp³-hybridized carbons (Fsp3) is 0.478. The van der Waals surface area contributed by atoms with E-state index in [1.807, 2.05) is 44.3 Å². The van der Waals surface area contributed by atoms with E-state index in [-0.39, 0.29) is 22.1 Å². The van der Waals surface area contributed by atoms with Crippen LogP contribution >= 0.6 is 11.8 Å². The number of pyridine rings is 1. The molecule has 0 radical (unpaired) electrons. The van der Waals surface area contributed by atoms with Gasteiger partial charge in [0.15, 0.2) is 0 Å². The molecule has 1 aromatic carbocycles. The number of sulfonamides is 1. The smallest absolute Gasteiger partial charge is 0.244 e. The Morgan fingerprint density at radius 3 is 2.41 bits per heavy atom. The first-order chi connectivity index (χ1) is 15.3. The molecule has 0 spiro atoms. The van der Waals surface area contributed by atoms with Crippen molar-refractivity contribution in [2.24, 2.45) is 0 Å². The molecular weight excluding hydrogens is 444 g/mol. The van der Waals surface area contributed by atoms with Gasteiger partial charge in [0, 0.05) is 32.4 Å². The lowest BCUT2D eigenvalue weighted by Crippen LogP contribution is -2.47. The van der Waals surface area contributed by atoms with Crippen molar-refractivity contribution in [2.45, 2.75) is 47.9 Å². The second kappa shape index (κ2) is 11.3. The largest absolute Gasteiger partial charge is 0.348 e. The fourth-order valence-electron chi connectivity index (χ4n) is 3.59. The highest BCUT2D eigenvalue weighted by molar-refractivity contribution is 8.00. The third-order valence-corrected chi connectivity index (χ3v) is 8.50. The third kappa shape index (κ3) is 6.31. The summed E-state index contributed by atoms with van der Waals surface area (Å²) >= 11 is 1.32. The standard InChI is InChI=1S/C23H32N4O3S2/c1-4-8-21(19-9-6-5-7-10-19)25-23(28)18(2)31-22-12-11-20(17-24-22)32(29,30)27-15-13-26(3)14-16-27/h5-7,9-12,17-18,21H,4,8,13-16H2,1-3H3,(H,25,28). The van der Waals surface area contributed by atoms with Crippen molar-refractivity contribution in [3.63, 3.8) is 0 Å². The van der Waals surface area contributed by atoms with Crippen LogP contribution < -0.4 is 5.32 Å². The minimum Gasteiger partial charge on any atom is -0.348 e. The summed E-state index contributed by atoms with van der Waals surface area (Å²) in [5, 5.41) is 3.41. The Bertz CT molecular complexity index is 976. The zero-order valence-electron chi connectivity index (χ0n) is 18.9. The van der Waals surface area contributed by atoms with Crippen LogP contribution in [-0.2, 0) is 14.8 Å². The van der Waals surface area contributed by atoms with E-state index in [0.29, 0.717) is 18.1 Å². The molecule has 1 aliphatic heterocycles. The predicted octanol–water partition coefficient (Wildman–Crippen LogP) is 3.16. The predicted molar refractivity (Wildman–Crippen MR) is 128 cm³/mol. The van der Waals surface area contributed by atoms with Gasteiger partial charge in [-0.05, 0) is 38.1 Å². The molecule has 2 atom stereocenters. The Morgan fingerprint density at radius 2 is 1.81 bits per heavy atom. The Balaban J connectivity index is 1.61. The number of nitrogens with zero attached hydrogens (tertiary/aromatic N) is 3. The van der Waals surface area contributed by atoms with Gasteiger partial charge in [-0.15, -0.1) is 0 Å². The van der Waals surface area contributed by atoms with Crippen LogP contribution in [0.3, 0.4) is 0 Å². The number of nitrogens with one attached hydrogen (secondary N) is 1. The van der Waals surface area contributed by atoms with Gasteiger partial charge in [0.05, 0.1) is 16.3 Å². The van der Waals surface area contributed by atoms with Crippen molar-refractivity contribution >= 4 is 27.7 Å². The molecule has 1 aliphatic rings. The van der Waals surface area contributed by atoms with Crippen molar-refractivity contribution in [1.82, 2.24) is 19.5 Å². The van der Waals surface area contributed by atoms with E-state index in [1.165, 1.54) is 22.3 Å². The molecule has 1 N–H and O–H groups in total. The number of hydrogen-bond acceptors (Lipinski definition) is 6. The molecule has 0 saturated carbocycles. The molecule has 0 bridgehead atoms. The van der Waals surface area contributed by atoms with Gasteiger partial charge in [0.1, 0.15) is 4.90 Å². The molecule has 2 aromatic rings. The lowest BCUT2D eigenvalue weighted by Gasteiger charge is -2.31. The number of rotatable bonds is 9. The van der Waals surface area contributed by atoms with Crippen molar-refractivity contribution < 1.29 is 13.2 Å². The molecule has 9 heteroatoms. The molecular formula is C23H32N4O3S2. The van der Waals surface area contributed by atoms with Gasteiger partial charge in [0.2, 0.25) is 15.9 Å². The third-order valence-electron chi connectivity index (χ3n) is 5.57. The van der Waals surface area contributed by atoms with Crippen molar-refractivity contribution in [3.05, 3.63) is 54.2 Å². The highest BCUT2D eigenvalue weighted by Gasteiger charge is 2.28. The first-order valence-corrected chi connectivity index (χ1v) is 13.3. The summed E-state index contributed by atoms with van der Waals surface area (Å²) in [6.07, 6.45) is 3.22. The summed E-state index contributed by atoms with van der Waals surface area (Å²) in [4.78, 5) is 19.4. The van der Waals surface area contributed by atoms with Gasteiger partial charge in [0.25, 0.3) is 0 Å². The minimum atomic E-state index is -3.54. The van der Waals surface area contributed by atoms with E-state index in [9.17, 15) is 13.2 Å². The van der Waals surface area contributed by atoms with Crippen LogP contribution in [-0.4, -0.2) is 67.0 Å². The molecule has 2 heterocycles. The van der Waals surface area contributed by atoms with Gasteiger partial charge in [-0.25, -0.2) is 13.4 Å². The molecule has 1 fully saturated rings. The molecule has 0 aliphatic carbocycles. The number of likely N-dealkylation sites (N-methyl/N-ethyl adjacent to an activating group) is 1. The van der Waals surface area contributed by atoms with Crippen molar-refractivity contribution in [2.75, 3.05) is 33.2 Å². The lowest BCUT2D eigenvalue weighted by molar-refractivity contribution is -0.121. The maximum Gasteiger partial charge on any atom is 0.244 e. The molecule has 3 rings (SSSR count). The summed E-state index contributed by atoms with van der Waals surface area (Å²) < 4.78 is 27.2. The Morgan fingerprint density at radius 1 is 1.12 bits per heavy atom. The van der Waals surface area contributed by atoms with Crippen LogP contribution in [0.15, 0.2) is 58.6 Å². The molecule has 1 aromatic heterocycles. The maximum atomic E-state index is 12.8. The van der Waals surface area contributed by atoms with E-state index >= 15 is 0 Å². The van der Waals surface area contributed by atoms with Crippen molar-refractivity contribution in [3.8, 4) is 0 Å². The minimum absolute atomic E-state index is 0.0270. The zero-order valence-corrected chi connectivity index (χ0v) is 20.5. The SMILES string of the molecule is CCCC(NC(=O)C(C)Sc1ccc(S(=O)(=O)N2CCN(C)CC2)cn1)c1ccccc1. The maximum absolute atomic E-state index is 12.8. The van der Waals surface area contributed by atoms with E-state index in [2.05, 4.69) is 22.1 Å². The van der Waals surface area contributed by atoms with Crippen molar-refractivity contribution in [1.29, 1.82) is 0 Å². The Kier molecular flexibility index (Phi) is 8.70. The second-order valence-electron chi connectivity index (χ2n) is 8.06. The molecule has 2 unspecified atom stereocenters. The summed E-state index contributed by atoms with van der Waals surface area (Å²) in [6.45, 7) is 6.33. The fourth-order valence-corrected chi connectivity index (χ4v) is 5.75. The highest BCUT2D eigenvalue weighted by Crippen LogP contribution is 2.25. The van der Waals surface area contributed by atoms with E-state index in [4.69, 9.17) is 0 Å². The van der Waals surface area contributed by atoms with Gasteiger partial charge >= 0.3 is 0 Å². The first kappa shape index (κ1) is 24.7. The average Bonchev–Trinajstić information content (AvgIpc) is 2.80.